The Bertz CT molecular complexity index is 1070. The monoisotopic (exact) mass is 383 g/mol. The lowest BCUT2D eigenvalue weighted by Crippen LogP contribution is -2.23. The third kappa shape index (κ3) is 3.28. The summed E-state index contributed by atoms with van der Waals surface area (Å²) >= 11 is 1.82. The molecule has 1 nitrogen and oxygen atoms in total. The van der Waals surface area contributed by atoms with E-state index in [0.717, 1.165) is 0 Å². The molecular formula is C26H25NS. The van der Waals surface area contributed by atoms with E-state index >= 15 is 0 Å². The second-order valence-electron chi connectivity index (χ2n) is 7.76. The van der Waals surface area contributed by atoms with Crippen LogP contribution in [0.15, 0.2) is 78.2 Å². The number of rotatable bonds is 4. The molecule has 0 N–H and O–H groups in total. The van der Waals surface area contributed by atoms with E-state index in [1.807, 2.05) is 11.3 Å². The van der Waals surface area contributed by atoms with Gasteiger partial charge in [-0.3, -0.25) is 4.90 Å². The molecule has 0 saturated carbocycles. The highest BCUT2D eigenvalue weighted by atomic mass is 32.1. The van der Waals surface area contributed by atoms with Gasteiger partial charge in [-0.25, -0.2) is 0 Å². The molecule has 0 aliphatic carbocycles. The number of hydrogen-bond acceptors (Lipinski definition) is 2. The Hall–Kier alpha value is -2.42. The fourth-order valence-electron chi connectivity index (χ4n) is 4.34. The number of nitrogens with zero attached hydrogens (tertiary/aromatic N) is 1. The van der Waals surface area contributed by atoms with E-state index in [2.05, 4.69) is 90.0 Å². The molecule has 1 aromatic heterocycles. The number of hydrogen-bond donors (Lipinski definition) is 0. The van der Waals surface area contributed by atoms with Gasteiger partial charge in [0.25, 0.3) is 0 Å². The van der Waals surface area contributed by atoms with Crippen LogP contribution in [-0.2, 0) is 0 Å². The molecule has 2 heterocycles. The van der Waals surface area contributed by atoms with Crippen molar-refractivity contribution in [3.05, 3.63) is 83.7 Å². The third-order valence-electron chi connectivity index (χ3n) is 6.09. The lowest BCUT2D eigenvalue weighted by atomic mass is 9.98. The summed E-state index contributed by atoms with van der Waals surface area (Å²) in [5.41, 5.74) is 6.62. The average Bonchev–Trinajstić information content (AvgIpc) is 3.44. The molecule has 0 amide bonds. The van der Waals surface area contributed by atoms with Gasteiger partial charge in [-0.1, -0.05) is 66.7 Å². The number of benzene rings is 3. The van der Waals surface area contributed by atoms with Gasteiger partial charge in [0.05, 0.1) is 0 Å². The minimum absolute atomic E-state index is 0.519. The van der Waals surface area contributed by atoms with Crippen LogP contribution in [0.3, 0.4) is 0 Å². The van der Waals surface area contributed by atoms with E-state index in [1.54, 1.807) is 0 Å². The standard InChI is InChI=1S/C26H25NS/c1-19(27-16-4-5-17-27)20-8-10-21(11-9-20)22-12-14-23(15-13-22)25-18-28-26-7-3-2-6-24(25)26/h2-3,6-15,18-19H,4-5,16-17H2,1H3. The van der Waals surface area contributed by atoms with Gasteiger partial charge in [0.2, 0.25) is 0 Å². The molecule has 1 saturated heterocycles. The first-order chi connectivity index (χ1) is 13.8. The highest BCUT2D eigenvalue weighted by Crippen LogP contribution is 2.35. The number of fused-ring (bicyclic) bond motifs is 1. The van der Waals surface area contributed by atoms with E-state index < -0.39 is 0 Å². The van der Waals surface area contributed by atoms with Gasteiger partial charge in [-0.05, 0) is 66.6 Å². The number of likely N-dealkylation sites (tertiary alicyclic amines) is 1. The first-order valence-corrected chi connectivity index (χ1v) is 11.1. The summed E-state index contributed by atoms with van der Waals surface area (Å²) in [6, 6.07) is 27.3. The smallest absolute Gasteiger partial charge is 0.0349 e. The van der Waals surface area contributed by atoms with Gasteiger partial charge >= 0.3 is 0 Å². The van der Waals surface area contributed by atoms with Crippen molar-refractivity contribution < 1.29 is 0 Å². The molecular weight excluding hydrogens is 358 g/mol. The topological polar surface area (TPSA) is 3.24 Å². The zero-order chi connectivity index (χ0) is 18.9. The average molecular weight is 384 g/mol. The summed E-state index contributed by atoms with van der Waals surface area (Å²) in [5.74, 6) is 0. The van der Waals surface area contributed by atoms with Crippen molar-refractivity contribution >= 4 is 21.4 Å². The van der Waals surface area contributed by atoms with E-state index in [0.29, 0.717) is 6.04 Å². The Labute approximate surface area is 171 Å². The van der Waals surface area contributed by atoms with Crippen LogP contribution in [0.25, 0.3) is 32.3 Å². The maximum Gasteiger partial charge on any atom is 0.0349 e. The molecule has 28 heavy (non-hydrogen) atoms. The second kappa shape index (κ2) is 7.54. The van der Waals surface area contributed by atoms with Crippen LogP contribution in [-0.4, -0.2) is 18.0 Å². The van der Waals surface area contributed by atoms with Crippen molar-refractivity contribution in [2.45, 2.75) is 25.8 Å². The molecule has 0 spiro atoms. The van der Waals surface area contributed by atoms with Crippen molar-refractivity contribution in [2.24, 2.45) is 0 Å². The van der Waals surface area contributed by atoms with Gasteiger partial charge in [0.15, 0.2) is 0 Å². The molecule has 1 fully saturated rings. The van der Waals surface area contributed by atoms with Crippen LogP contribution in [0.1, 0.15) is 31.4 Å². The quantitative estimate of drug-likeness (QED) is 0.355. The summed E-state index contributed by atoms with van der Waals surface area (Å²) in [5, 5.41) is 3.62. The van der Waals surface area contributed by atoms with E-state index in [9.17, 15) is 0 Å². The predicted octanol–water partition coefficient (Wildman–Crippen LogP) is 7.39. The lowest BCUT2D eigenvalue weighted by molar-refractivity contribution is 0.263. The van der Waals surface area contributed by atoms with Crippen LogP contribution in [0.5, 0.6) is 0 Å². The van der Waals surface area contributed by atoms with Crippen molar-refractivity contribution in [3.63, 3.8) is 0 Å². The van der Waals surface area contributed by atoms with Crippen LogP contribution in [0.2, 0.25) is 0 Å². The molecule has 2 heteroatoms. The minimum atomic E-state index is 0.519. The molecule has 5 rings (SSSR count). The molecule has 0 radical (unpaired) electrons. The zero-order valence-corrected chi connectivity index (χ0v) is 17.1. The molecule has 1 atom stereocenters. The van der Waals surface area contributed by atoms with Crippen molar-refractivity contribution in [3.8, 4) is 22.3 Å². The Morgan fingerprint density at radius 1 is 0.750 bits per heavy atom. The largest absolute Gasteiger partial charge is 0.297 e. The van der Waals surface area contributed by atoms with Gasteiger partial charge in [-0.2, -0.15) is 0 Å². The van der Waals surface area contributed by atoms with Crippen LogP contribution in [0, 0.1) is 0 Å². The van der Waals surface area contributed by atoms with Gasteiger partial charge in [-0.15, -0.1) is 11.3 Å². The SMILES string of the molecule is CC(c1ccc(-c2ccc(-c3csc4ccccc34)cc2)cc1)N1CCCC1. The minimum Gasteiger partial charge on any atom is -0.297 e. The summed E-state index contributed by atoms with van der Waals surface area (Å²) in [6.45, 7) is 4.81. The van der Waals surface area contributed by atoms with E-state index in [4.69, 9.17) is 0 Å². The predicted molar refractivity (Wildman–Crippen MR) is 122 cm³/mol. The number of thiophene rings is 1. The van der Waals surface area contributed by atoms with Crippen molar-refractivity contribution in [2.75, 3.05) is 13.1 Å². The summed E-state index contributed by atoms with van der Waals surface area (Å²) < 4.78 is 1.35. The van der Waals surface area contributed by atoms with Crippen LogP contribution >= 0.6 is 11.3 Å². The van der Waals surface area contributed by atoms with Crippen LogP contribution < -0.4 is 0 Å². The van der Waals surface area contributed by atoms with Gasteiger partial charge < -0.3 is 0 Å². The van der Waals surface area contributed by atoms with E-state index in [-0.39, 0.29) is 0 Å². The molecule has 1 unspecified atom stereocenters. The molecule has 1 aliphatic rings. The normalized spacial score (nSPS) is 15.9. The molecule has 4 aromatic rings. The van der Waals surface area contributed by atoms with Crippen molar-refractivity contribution in [1.82, 2.24) is 4.90 Å². The fourth-order valence-corrected chi connectivity index (χ4v) is 5.31. The maximum absolute atomic E-state index is 2.59. The van der Waals surface area contributed by atoms with Gasteiger partial charge in [0.1, 0.15) is 0 Å². The maximum atomic E-state index is 2.59. The lowest BCUT2D eigenvalue weighted by Gasteiger charge is -2.24. The van der Waals surface area contributed by atoms with Crippen LogP contribution in [0.4, 0.5) is 0 Å². The Morgan fingerprint density at radius 2 is 1.36 bits per heavy atom. The van der Waals surface area contributed by atoms with Crippen molar-refractivity contribution in [1.29, 1.82) is 0 Å². The summed E-state index contributed by atoms with van der Waals surface area (Å²) in [4.78, 5) is 2.59. The Morgan fingerprint density at radius 3 is 2.07 bits per heavy atom. The second-order valence-corrected chi connectivity index (χ2v) is 8.68. The van der Waals surface area contributed by atoms with E-state index in [1.165, 1.54) is 63.8 Å². The Balaban J connectivity index is 1.38. The molecule has 0 bridgehead atoms. The van der Waals surface area contributed by atoms with Gasteiger partial charge in [0, 0.05) is 21.7 Å². The zero-order valence-electron chi connectivity index (χ0n) is 16.3. The summed E-state index contributed by atoms with van der Waals surface area (Å²) in [6.07, 6.45) is 2.68. The highest BCUT2D eigenvalue weighted by molar-refractivity contribution is 7.17. The fraction of sp³-hybridized carbons (Fsp3) is 0.231. The first kappa shape index (κ1) is 17.7. The Kier molecular flexibility index (Phi) is 4.76. The first-order valence-electron chi connectivity index (χ1n) is 10.2. The third-order valence-corrected chi connectivity index (χ3v) is 7.06. The molecule has 1 aliphatic heterocycles. The molecule has 140 valence electrons. The highest BCUT2D eigenvalue weighted by Gasteiger charge is 2.19. The summed E-state index contributed by atoms with van der Waals surface area (Å²) in [7, 11) is 0. The molecule has 3 aromatic carbocycles.